The number of halogens is 1. The largest absolute Gasteiger partial charge is 0.378 e. The Bertz CT molecular complexity index is 1190. The maximum Gasteiger partial charge on any atom is 0.275 e. The molecule has 8 heteroatoms. The Morgan fingerprint density at radius 1 is 1.33 bits per heavy atom. The number of nitrogens with one attached hydrogen (secondary N) is 1. The number of fused-ring (bicyclic) bond motifs is 1. The van der Waals surface area contributed by atoms with Crippen LogP contribution in [0.25, 0.3) is 22.2 Å². The summed E-state index contributed by atoms with van der Waals surface area (Å²) in [5, 5.41) is 0.931. The molecule has 1 aliphatic rings. The summed E-state index contributed by atoms with van der Waals surface area (Å²) in [7, 11) is 0. The Balaban J connectivity index is 1.78. The van der Waals surface area contributed by atoms with E-state index in [-0.39, 0.29) is 16.6 Å². The van der Waals surface area contributed by atoms with Gasteiger partial charge in [-0.05, 0) is 32.0 Å². The molecule has 0 saturated carbocycles. The zero-order chi connectivity index (χ0) is 21.3. The van der Waals surface area contributed by atoms with E-state index in [0.717, 1.165) is 16.6 Å². The van der Waals surface area contributed by atoms with E-state index in [1.807, 2.05) is 32.1 Å². The first-order valence-corrected chi connectivity index (χ1v) is 10.2. The molecule has 0 aliphatic carbocycles. The third kappa shape index (κ3) is 3.78. The van der Waals surface area contributed by atoms with E-state index < -0.39 is 0 Å². The van der Waals surface area contributed by atoms with Gasteiger partial charge in [-0.2, -0.15) is 0 Å². The molecule has 4 heterocycles. The van der Waals surface area contributed by atoms with Crippen LogP contribution in [0.15, 0.2) is 41.3 Å². The quantitative estimate of drug-likeness (QED) is 0.512. The molecule has 1 aliphatic heterocycles. The van der Waals surface area contributed by atoms with Gasteiger partial charge in [0.2, 0.25) is 0 Å². The van der Waals surface area contributed by atoms with Gasteiger partial charge < -0.3 is 19.2 Å². The lowest BCUT2D eigenvalue weighted by atomic mass is 10.1. The van der Waals surface area contributed by atoms with Crippen molar-refractivity contribution in [1.29, 1.82) is 0 Å². The second kappa shape index (κ2) is 8.45. The topological polar surface area (TPSA) is 80.2 Å². The summed E-state index contributed by atoms with van der Waals surface area (Å²) in [6, 6.07) is 5.41. The first kappa shape index (κ1) is 20.4. The van der Waals surface area contributed by atoms with Crippen LogP contribution in [-0.4, -0.2) is 51.6 Å². The molecule has 1 fully saturated rings. The molecule has 0 atom stereocenters. The van der Waals surface area contributed by atoms with Crippen molar-refractivity contribution in [2.24, 2.45) is 0 Å². The van der Waals surface area contributed by atoms with Crippen molar-refractivity contribution in [1.82, 2.24) is 19.4 Å². The number of carbonyl (C=O) groups is 1. The van der Waals surface area contributed by atoms with Crippen LogP contribution in [0.3, 0.4) is 0 Å². The van der Waals surface area contributed by atoms with Crippen molar-refractivity contribution in [2.45, 2.75) is 20.4 Å². The molecule has 3 aromatic rings. The van der Waals surface area contributed by atoms with Crippen LogP contribution >= 0.6 is 11.6 Å². The van der Waals surface area contributed by atoms with Gasteiger partial charge in [-0.3, -0.25) is 9.59 Å². The first-order valence-electron chi connectivity index (χ1n) is 9.87. The number of carbonyl (C=O) groups excluding carboxylic acids is 1. The maximum atomic E-state index is 12.8. The number of rotatable bonds is 4. The highest BCUT2D eigenvalue weighted by atomic mass is 35.5. The average molecular weight is 427 g/mol. The van der Waals surface area contributed by atoms with Crippen molar-refractivity contribution in [3.05, 3.63) is 63.3 Å². The molecule has 156 valence electrons. The van der Waals surface area contributed by atoms with Crippen molar-refractivity contribution in [3.63, 3.8) is 0 Å². The first-order chi connectivity index (χ1) is 14.5. The fourth-order valence-corrected chi connectivity index (χ4v) is 3.87. The van der Waals surface area contributed by atoms with E-state index in [1.165, 1.54) is 0 Å². The maximum absolute atomic E-state index is 12.8. The number of amides is 1. The third-order valence-electron chi connectivity index (χ3n) is 5.19. The number of hydrogen-bond donors (Lipinski definition) is 1. The molecule has 1 saturated heterocycles. The lowest BCUT2D eigenvalue weighted by molar-refractivity contribution is 0.0302. The number of aryl methyl sites for hydroxylation is 1. The summed E-state index contributed by atoms with van der Waals surface area (Å²) in [6.07, 6.45) is 5.61. The lowest BCUT2D eigenvalue weighted by Gasteiger charge is -2.27. The van der Waals surface area contributed by atoms with Crippen LogP contribution < -0.4 is 5.56 Å². The molecule has 30 heavy (non-hydrogen) atoms. The van der Waals surface area contributed by atoms with Gasteiger partial charge in [-0.15, -0.1) is 0 Å². The number of morpholine rings is 1. The highest BCUT2D eigenvalue weighted by Crippen LogP contribution is 2.29. The Hall–Kier alpha value is -2.90. The summed E-state index contributed by atoms with van der Waals surface area (Å²) in [5.41, 5.74) is 3.08. The Kier molecular flexibility index (Phi) is 5.74. The molecule has 0 radical (unpaired) electrons. The predicted octanol–water partition coefficient (Wildman–Crippen LogP) is 3.40. The molecular weight excluding hydrogens is 404 g/mol. The third-order valence-corrected chi connectivity index (χ3v) is 5.48. The molecule has 7 nitrogen and oxygen atoms in total. The zero-order valence-electron chi connectivity index (χ0n) is 16.9. The minimum atomic E-state index is -0.150. The van der Waals surface area contributed by atoms with Crippen molar-refractivity contribution >= 4 is 28.4 Å². The molecule has 4 rings (SSSR count). The number of H-pyrrole nitrogens is 1. The van der Waals surface area contributed by atoms with Gasteiger partial charge in [0.1, 0.15) is 10.7 Å². The zero-order valence-corrected chi connectivity index (χ0v) is 17.7. The van der Waals surface area contributed by atoms with Gasteiger partial charge in [-0.1, -0.05) is 23.8 Å². The summed E-state index contributed by atoms with van der Waals surface area (Å²) < 4.78 is 6.94. The number of aromatic amines is 1. The Labute approximate surface area is 178 Å². The molecular formula is C22H23ClN4O3. The van der Waals surface area contributed by atoms with E-state index in [1.54, 1.807) is 27.8 Å². The number of aromatic nitrogens is 3. The number of pyridine rings is 2. The summed E-state index contributed by atoms with van der Waals surface area (Å²) >= 11 is 6.43. The average Bonchev–Trinajstić information content (AvgIpc) is 3.15. The van der Waals surface area contributed by atoms with E-state index in [9.17, 15) is 9.59 Å². The van der Waals surface area contributed by atoms with E-state index in [2.05, 4.69) is 9.97 Å². The number of allylic oxidation sites excluding steroid dienone is 2. The van der Waals surface area contributed by atoms with Crippen LogP contribution in [-0.2, 0) is 11.3 Å². The summed E-state index contributed by atoms with van der Waals surface area (Å²) in [5.74, 6) is -0.150. The van der Waals surface area contributed by atoms with Gasteiger partial charge in [0.05, 0.1) is 24.5 Å². The van der Waals surface area contributed by atoms with Crippen LogP contribution in [0.1, 0.15) is 23.0 Å². The lowest BCUT2D eigenvalue weighted by Crippen LogP contribution is -2.40. The monoisotopic (exact) mass is 426 g/mol. The molecule has 3 aromatic heterocycles. The number of ether oxygens (including phenoxy) is 1. The standard InChI is InChI=1S/C22H23ClN4O3/c1-3-4-7-27-13-17(16-12-14(2)24-19(16)22(27)29)18-6-5-15(20(23)25-18)21(28)26-8-10-30-11-9-26/h3-6,12-13,24H,7-11H2,1-2H3/b4-3+. The number of nitrogens with zero attached hydrogens (tertiary/aromatic N) is 3. The fraction of sp³-hybridized carbons (Fsp3) is 0.318. The Morgan fingerprint density at radius 2 is 2.10 bits per heavy atom. The normalized spacial score (nSPS) is 14.7. The van der Waals surface area contributed by atoms with Gasteiger partial charge in [0.15, 0.2) is 0 Å². The molecule has 1 N–H and O–H groups in total. The Morgan fingerprint density at radius 3 is 2.80 bits per heavy atom. The van der Waals surface area contributed by atoms with Crippen LogP contribution in [0, 0.1) is 6.92 Å². The SMILES string of the molecule is C/C=C/Cn1cc(-c2ccc(C(=O)N3CCOCC3)c(Cl)n2)c2cc(C)[nH]c2c1=O. The molecule has 0 spiro atoms. The number of hydrogen-bond acceptors (Lipinski definition) is 4. The van der Waals surface area contributed by atoms with Crippen LogP contribution in [0.5, 0.6) is 0 Å². The van der Waals surface area contributed by atoms with Crippen LogP contribution in [0.4, 0.5) is 0 Å². The second-order valence-electron chi connectivity index (χ2n) is 7.25. The second-order valence-corrected chi connectivity index (χ2v) is 7.61. The highest BCUT2D eigenvalue weighted by Gasteiger charge is 2.22. The molecule has 0 aromatic carbocycles. The van der Waals surface area contributed by atoms with E-state index >= 15 is 0 Å². The molecule has 0 unspecified atom stereocenters. The van der Waals surface area contributed by atoms with Gasteiger partial charge in [0, 0.05) is 42.5 Å². The molecule has 0 bridgehead atoms. The summed E-state index contributed by atoms with van der Waals surface area (Å²) in [4.78, 5) is 35.0. The molecule has 1 amide bonds. The summed E-state index contributed by atoms with van der Waals surface area (Å²) in [6.45, 7) is 6.39. The van der Waals surface area contributed by atoms with E-state index in [0.29, 0.717) is 49.6 Å². The highest BCUT2D eigenvalue weighted by molar-refractivity contribution is 6.32. The van der Waals surface area contributed by atoms with Crippen molar-refractivity contribution < 1.29 is 9.53 Å². The van der Waals surface area contributed by atoms with Gasteiger partial charge in [0.25, 0.3) is 11.5 Å². The smallest absolute Gasteiger partial charge is 0.275 e. The minimum absolute atomic E-state index is 0.0924. The van der Waals surface area contributed by atoms with Crippen molar-refractivity contribution in [3.8, 4) is 11.3 Å². The fourth-order valence-electron chi connectivity index (χ4n) is 3.64. The van der Waals surface area contributed by atoms with Crippen LogP contribution in [0.2, 0.25) is 5.15 Å². The van der Waals surface area contributed by atoms with Gasteiger partial charge in [-0.25, -0.2) is 4.98 Å². The minimum Gasteiger partial charge on any atom is -0.378 e. The predicted molar refractivity (Wildman–Crippen MR) is 117 cm³/mol. The van der Waals surface area contributed by atoms with E-state index in [4.69, 9.17) is 16.3 Å². The van der Waals surface area contributed by atoms with Gasteiger partial charge >= 0.3 is 0 Å². The van der Waals surface area contributed by atoms with Crippen molar-refractivity contribution in [2.75, 3.05) is 26.3 Å².